The van der Waals surface area contributed by atoms with Crippen molar-refractivity contribution in [3.8, 4) is 0 Å². The van der Waals surface area contributed by atoms with Gasteiger partial charge >= 0.3 is 0 Å². The lowest BCUT2D eigenvalue weighted by molar-refractivity contribution is -0.895. The van der Waals surface area contributed by atoms with E-state index in [9.17, 15) is 14.7 Å². The first kappa shape index (κ1) is 21.0. The van der Waals surface area contributed by atoms with E-state index in [1.807, 2.05) is 6.07 Å². The summed E-state index contributed by atoms with van der Waals surface area (Å²) in [7, 11) is 0. The largest absolute Gasteiger partial charge is 0.507 e. The molecule has 3 rings (SSSR count). The van der Waals surface area contributed by atoms with Crippen LogP contribution in [-0.2, 0) is 9.59 Å². The van der Waals surface area contributed by atoms with Gasteiger partial charge in [-0.1, -0.05) is 23.7 Å². The number of hydrogen-bond acceptors (Lipinski definition) is 4. The van der Waals surface area contributed by atoms with Crippen LogP contribution >= 0.6 is 11.6 Å². The van der Waals surface area contributed by atoms with E-state index in [-0.39, 0.29) is 11.3 Å². The normalized spacial score (nSPS) is 18.6. The van der Waals surface area contributed by atoms with Gasteiger partial charge in [0.05, 0.1) is 37.8 Å². The van der Waals surface area contributed by atoms with Gasteiger partial charge in [-0.05, 0) is 43.7 Å². The molecule has 7 heteroatoms. The van der Waals surface area contributed by atoms with E-state index in [1.54, 1.807) is 35.2 Å². The van der Waals surface area contributed by atoms with Gasteiger partial charge in [0.25, 0.3) is 11.7 Å². The molecule has 1 aliphatic heterocycles. The number of Topliss-reactive ketones (excluding diaryl/α,β-unsaturated/α-hetero) is 1. The smallest absolute Gasteiger partial charge is 0.295 e. The second-order valence-electron chi connectivity index (χ2n) is 6.99. The summed E-state index contributed by atoms with van der Waals surface area (Å²) in [6.45, 7) is 7.16. The number of aliphatic hydroxyl groups is 1. The van der Waals surface area contributed by atoms with Crippen LogP contribution in [0.4, 0.5) is 0 Å². The molecule has 1 aromatic carbocycles. The number of nitrogens with one attached hydrogen (secondary N) is 1. The van der Waals surface area contributed by atoms with Crippen molar-refractivity contribution in [1.82, 2.24) is 9.88 Å². The average Bonchev–Trinajstić information content (AvgIpc) is 2.99. The minimum Gasteiger partial charge on any atom is -0.507 e. The number of rotatable bonds is 7. The molecule has 2 heterocycles. The van der Waals surface area contributed by atoms with Crippen molar-refractivity contribution >= 4 is 29.1 Å². The molecule has 0 aliphatic carbocycles. The van der Waals surface area contributed by atoms with Crippen molar-refractivity contribution in [1.29, 1.82) is 0 Å². The van der Waals surface area contributed by atoms with Crippen molar-refractivity contribution in [2.24, 2.45) is 0 Å². The Balaban J connectivity index is 2.09. The Labute approximate surface area is 175 Å². The number of quaternary nitrogens is 1. The lowest BCUT2D eigenvalue weighted by Gasteiger charge is -2.27. The molecule has 0 saturated carbocycles. The van der Waals surface area contributed by atoms with Crippen molar-refractivity contribution in [3.63, 3.8) is 0 Å². The highest BCUT2D eigenvalue weighted by molar-refractivity contribution is 6.46. The number of carbonyl (C=O) groups excluding carboxylic acids is 2. The van der Waals surface area contributed by atoms with E-state index in [1.165, 1.54) is 17.3 Å². The summed E-state index contributed by atoms with van der Waals surface area (Å²) in [5.74, 6) is -1.48. The zero-order valence-electron chi connectivity index (χ0n) is 16.6. The Morgan fingerprint density at radius 3 is 2.48 bits per heavy atom. The predicted molar refractivity (Wildman–Crippen MR) is 112 cm³/mol. The molecule has 29 heavy (non-hydrogen) atoms. The predicted octanol–water partition coefficient (Wildman–Crippen LogP) is 2.08. The van der Waals surface area contributed by atoms with Crippen molar-refractivity contribution < 1.29 is 19.6 Å². The molecule has 1 aromatic heterocycles. The van der Waals surface area contributed by atoms with Gasteiger partial charge in [0.2, 0.25) is 0 Å². The van der Waals surface area contributed by atoms with Crippen LogP contribution in [-0.4, -0.2) is 52.9 Å². The number of likely N-dealkylation sites (N-methyl/N-ethyl adjacent to an activating group) is 1. The number of amides is 1. The maximum Gasteiger partial charge on any atom is 0.295 e. The highest BCUT2D eigenvalue weighted by Gasteiger charge is 2.46. The molecule has 1 aliphatic rings. The molecule has 0 bridgehead atoms. The molecular weight excluding hydrogens is 390 g/mol. The lowest BCUT2D eigenvalue weighted by Crippen LogP contribution is -3.12. The monoisotopic (exact) mass is 414 g/mol. The fourth-order valence-electron chi connectivity index (χ4n) is 3.68. The Morgan fingerprint density at radius 1 is 1.17 bits per heavy atom. The number of carbonyl (C=O) groups is 2. The molecular formula is C22H25ClN3O3+. The van der Waals surface area contributed by atoms with E-state index >= 15 is 0 Å². The lowest BCUT2D eigenvalue weighted by atomic mass is 9.95. The third-order valence-corrected chi connectivity index (χ3v) is 5.60. The van der Waals surface area contributed by atoms with Crippen LogP contribution in [0.15, 0.2) is 54.4 Å². The second kappa shape index (κ2) is 9.20. The molecule has 152 valence electrons. The van der Waals surface area contributed by atoms with Crippen LogP contribution in [0.1, 0.15) is 31.0 Å². The van der Waals surface area contributed by atoms with Crippen molar-refractivity contribution in [2.45, 2.75) is 19.9 Å². The van der Waals surface area contributed by atoms with Gasteiger partial charge < -0.3 is 14.9 Å². The summed E-state index contributed by atoms with van der Waals surface area (Å²) in [6, 6.07) is 9.60. The number of likely N-dealkylation sites (tertiary alicyclic amines) is 1. The Bertz CT molecular complexity index is 926. The Kier molecular flexibility index (Phi) is 6.67. The number of aromatic nitrogens is 1. The van der Waals surface area contributed by atoms with Crippen LogP contribution < -0.4 is 4.90 Å². The van der Waals surface area contributed by atoms with Gasteiger partial charge in [-0.2, -0.15) is 0 Å². The van der Waals surface area contributed by atoms with Crippen LogP contribution in [0.5, 0.6) is 0 Å². The number of halogens is 1. The summed E-state index contributed by atoms with van der Waals surface area (Å²) < 4.78 is 0. The standard InChI is InChI=1S/C22H24ClN3O3/c1-3-25(4-2)12-13-26-19(16-6-5-7-17(23)14-16)18(21(28)22(26)29)20(27)15-8-10-24-11-9-15/h5-11,14,19,27H,3-4,12-13H2,1-2H3/p+1/b20-18+/t19-/m0/s1. The fraction of sp³-hybridized carbons (Fsp3) is 0.318. The first-order valence-corrected chi connectivity index (χ1v) is 10.1. The van der Waals surface area contributed by atoms with Gasteiger partial charge in [-0.25, -0.2) is 0 Å². The molecule has 2 N–H and O–H groups in total. The molecule has 1 amide bonds. The molecule has 6 nitrogen and oxygen atoms in total. The third-order valence-electron chi connectivity index (χ3n) is 5.36. The molecule has 0 radical (unpaired) electrons. The van der Waals surface area contributed by atoms with E-state index in [0.717, 1.165) is 13.1 Å². The number of ketones is 1. The zero-order valence-corrected chi connectivity index (χ0v) is 17.3. The highest BCUT2D eigenvalue weighted by atomic mass is 35.5. The number of benzene rings is 1. The topological polar surface area (TPSA) is 74.9 Å². The molecule has 0 unspecified atom stereocenters. The maximum atomic E-state index is 12.9. The maximum absolute atomic E-state index is 12.9. The Hall–Kier alpha value is -2.70. The second-order valence-corrected chi connectivity index (χ2v) is 7.43. The van der Waals surface area contributed by atoms with E-state index < -0.39 is 17.7 Å². The first-order chi connectivity index (χ1) is 14.0. The molecule has 1 fully saturated rings. The molecule has 2 aromatic rings. The van der Waals surface area contributed by atoms with Crippen LogP contribution in [0, 0.1) is 0 Å². The van der Waals surface area contributed by atoms with Crippen LogP contribution in [0.3, 0.4) is 0 Å². The SMILES string of the molecule is CC[NH+](CC)CCN1C(=O)C(=O)/C(=C(/O)c2ccncc2)[C@@H]1c1cccc(Cl)c1. The van der Waals surface area contributed by atoms with Crippen LogP contribution in [0.2, 0.25) is 5.02 Å². The average molecular weight is 415 g/mol. The quantitative estimate of drug-likeness (QED) is 0.413. The summed E-state index contributed by atoms with van der Waals surface area (Å²) >= 11 is 6.18. The van der Waals surface area contributed by atoms with Gasteiger partial charge in [0.15, 0.2) is 0 Å². The van der Waals surface area contributed by atoms with Crippen molar-refractivity contribution in [3.05, 3.63) is 70.5 Å². The Morgan fingerprint density at radius 2 is 1.86 bits per heavy atom. The summed E-state index contributed by atoms with van der Waals surface area (Å²) in [4.78, 5) is 32.6. The fourth-order valence-corrected chi connectivity index (χ4v) is 3.88. The van der Waals surface area contributed by atoms with Gasteiger partial charge in [-0.3, -0.25) is 14.6 Å². The molecule has 1 saturated heterocycles. The van der Waals surface area contributed by atoms with E-state index in [0.29, 0.717) is 29.2 Å². The van der Waals surface area contributed by atoms with Gasteiger partial charge in [0.1, 0.15) is 5.76 Å². The zero-order chi connectivity index (χ0) is 21.0. The first-order valence-electron chi connectivity index (χ1n) is 9.75. The third kappa shape index (κ3) is 4.33. The number of pyridine rings is 1. The number of hydrogen-bond donors (Lipinski definition) is 2. The molecule has 1 atom stereocenters. The summed E-state index contributed by atoms with van der Waals surface area (Å²) in [6.07, 6.45) is 3.06. The number of nitrogens with zero attached hydrogens (tertiary/aromatic N) is 2. The van der Waals surface area contributed by atoms with Gasteiger partial charge in [-0.15, -0.1) is 0 Å². The molecule has 0 spiro atoms. The summed E-state index contributed by atoms with van der Waals surface area (Å²) in [5, 5.41) is 11.4. The van der Waals surface area contributed by atoms with E-state index in [4.69, 9.17) is 11.6 Å². The van der Waals surface area contributed by atoms with Crippen LogP contribution in [0.25, 0.3) is 5.76 Å². The summed E-state index contributed by atoms with van der Waals surface area (Å²) in [5.41, 5.74) is 1.22. The minimum absolute atomic E-state index is 0.0815. The minimum atomic E-state index is -0.683. The van der Waals surface area contributed by atoms with Gasteiger partial charge in [0, 0.05) is 23.0 Å². The van der Waals surface area contributed by atoms with Crippen molar-refractivity contribution in [2.75, 3.05) is 26.2 Å². The van der Waals surface area contributed by atoms with E-state index in [2.05, 4.69) is 18.8 Å². The number of aliphatic hydroxyl groups excluding tert-OH is 1. The highest BCUT2D eigenvalue weighted by Crippen LogP contribution is 2.39.